The van der Waals surface area contributed by atoms with Crippen LogP contribution in [0.1, 0.15) is 46.0 Å². The first-order valence-electron chi connectivity index (χ1n) is 7.00. The van der Waals surface area contributed by atoms with Crippen molar-refractivity contribution in [2.75, 3.05) is 13.6 Å². The van der Waals surface area contributed by atoms with Gasteiger partial charge in [0.15, 0.2) is 5.84 Å². The molecule has 1 aliphatic rings. The average Bonchev–Trinajstić information content (AvgIpc) is 2.45. The Morgan fingerprint density at radius 3 is 2.47 bits per heavy atom. The van der Waals surface area contributed by atoms with Crippen LogP contribution in [0.3, 0.4) is 0 Å². The summed E-state index contributed by atoms with van der Waals surface area (Å²) in [5.41, 5.74) is 5.13. The van der Waals surface area contributed by atoms with Gasteiger partial charge in [0, 0.05) is 13.6 Å². The van der Waals surface area contributed by atoms with E-state index in [1.54, 1.807) is 11.9 Å². The van der Waals surface area contributed by atoms with Crippen LogP contribution in [-0.2, 0) is 0 Å². The number of carbonyl (C=O) groups excluding carboxylic acids is 1. The lowest BCUT2D eigenvalue weighted by atomic mass is 9.75. The lowest BCUT2D eigenvalue weighted by Gasteiger charge is -2.40. The molecule has 1 rings (SSSR count). The Kier molecular flexibility index (Phi) is 5.44. The summed E-state index contributed by atoms with van der Waals surface area (Å²) in [6.45, 7) is 4.70. The quantitative estimate of drug-likeness (QED) is 0.314. The fraction of sp³-hybridized carbons (Fsp3) is 0.846. The van der Waals surface area contributed by atoms with Crippen LogP contribution in [0.4, 0.5) is 4.79 Å². The average molecular weight is 270 g/mol. The molecule has 1 aliphatic carbocycles. The first-order valence-corrected chi connectivity index (χ1v) is 7.00. The molecule has 6 nitrogen and oxygen atoms in total. The van der Waals surface area contributed by atoms with Gasteiger partial charge < -0.3 is 21.2 Å². The van der Waals surface area contributed by atoms with E-state index in [-0.39, 0.29) is 11.9 Å². The first-order chi connectivity index (χ1) is 8.99. The summed E-state index contributed by atoms with van der Waals surface area (Å²) in [5, 5.41) is 15.1. The fourth-order valence-electron chi connectivity index (χ4n) is 2.56. The Labute approximate surface area is 115 Å². The maximum Gasteiger partial charge on any atom is 0.317 e. The molecule has 0 atom stereocenters. The lowest BCUT2D eigenvalue weighted by molar-refractivity contribution is 0.184. The topological polar surface area (TPSA) is 91.0 Å². The van der Waals surface area contributed by atoms with E-state index in [2.05, 4.69) is 17.4 Å². The molecule has 110 valence electrons. The molecule has 0 radical (unpaired) electrons. The van der Waals surface area contributed by atoms with Gasteiger partial charge in [-0.1, -0.05) is 18.5 Å². The third-order valence-electron chi connectivity index (χ3n) is 4.30. The zero-order valence-corrected chi connectivity index (χ0v) is 12.1. The normalized spacial score (nSPS) is 27.9. The van der Waals surface area contributed by atoms with E-state index in [4.69, 9.17) is 10.9 Å². The van der Waals surface area contributed by atoms with Crippen molar-refractivity contribution >= 4 is 11.9 Å². The summed E-state index contributed by atoms with van der Waals surface area (Å²) < 4.78 is 0. The van der Waals surface area contributed by atoms with Crippen LogP contribution in [0.15, 0.2) is 5.16 Å². The van der Waals surface area contributed by atoms with Crippen molar-refractivity contribution in [2.45, 2.75) is 51.5 Å². The second kappa shape index (κ2) is 6.63. The number of hydrogen-bond acceptors (Lipinski definition) is 3. The molecule has 2 amide bonds. The summed E-state index contributed by atoms with van der Waals surface area (Å²) in [7, 11) is 1.73. The summed E-state index contributed by atoms with van der Waals surface area (Å²) in [6.07, 6.45) is 4.57. The summed E-state index contributed by atoms with van der Waals surface area (Å²) in [4.78, 5) is 13.6. The Hall–Kier alpha value is -1.46. The summed E-state index contributed by atoms with van der Waals surface area (Å²) in [5.74, 6) is 0.778. The van der Waals surface area contributed by atoms with Crippen molar-refractivity contribution in [1.29, 1.82) is 0 Å². The molecule has 0 aromatic carbocycles. The van der Waals surface area contributed by atoms with Crippen LogP contribution >= 0.6 is 0 Å². The highest BCUT2D eigenvalue weighted by Crippen LogP contribution is 2.34. The number of oxime groups is 1. The molecule has 0 bridgehead atoms. The first kappa shape index (κ1) is 15.6. The second-order valence-electron chi connectivity index (χ2n) is 5.36. The van der Waals surface area contributed by atoms with Gasteiger partial charge >= 0.3 is 6.03 Å². The molecule has 6 heteroatoms. The molecule has 4 N–H and O–H groups in total. The molecule has 19 heavy (non-hydrogen) atoms. The van der Waals surface area contributed by atoms with Gasteiger partial charge in [0.1, 0.15) is 5.54 Å². The van der Waals surface area contributed by atoms with Crippen molar-refractivity contribution in [3.63, 3.8) is 0 Å². The van der Waals surface area contributed by atoms with Crippen LogP contribution in [0.25, 0.3) is 0 Å². The molecule has 0 aromatic heterocycles. The van der Waals surface area contributed by atoms with Crippen molar-refractivity contribution < 1.29 is 10.0 Å². The number of carbonyl (C=O) groups is 1. The number of amidine groups is 1. The third-order valence-corrected chi connectivity index (χ3v) is 4.30. The monoisotopic (exact) mass is 270 g/mol. The highest BCUT2D eigenvalue weighted by atomic mass is 16.4. The van der Waals surface area contributed by atoms with E-state index in [0.29, 0.717) is 12.5 Å². The van der Waals surface area contributed by atoms with Gasteiger partial charge in [0.25, 0.3) is 0 Å². The number of urea groups is 1. The molecular formula is C13H26N4O2. The number of amides is 2. The van der Waals surface area contributed by atoms with Gasteiger partial charge in [-0.05, 0) is 38.5 Å². The highest BCUT2D eigenvalue weighted by molar-refractivity contribution is 5.93. The van der Waals surface area contributed by atoms with Crippen molar-refractivity contribution in [2.24, 2.45) is 16.8 Å². The molecular weight excluding hydrogens is 244 g/mol. The minimum atomic E-state index is -0.694. The molecule has 0 spiro atoms. The van der Waals surface area contributed by atoms with Gasteiger partial charge in [-0.25, -0.2) is 4.79 Å². The number of nitrogens with two attached hydrogens (primary N) is 1. The van der Waals surface area contributed by atoms with Crippen LogP contribution in [0, 0.1) is 5.92 Å². The third kappa shape index (κ3) is 3.52. The molecule has 0 aromatic rings. The van der Waals surface area contributed by atoms with Gasteiger partial charge in [-0.3, -0.25) is 0 Å². The van der Waals surface area contributed by atoms with E-state index >= 15 is 0 Å². The molecule has 1 fully saturated rings. The molecule has 0 heterocycles. The van der Waals surface area contributed by atoms with Gasteiger partial charge in [0.05, 0.1) is 0 Å². The number of hydrogen-bond donors (Lipinski definition) is 3. The Morgan fingerprint density at radius 1 is 1.47 bits per heavy atom. The van der Waals surface area contributed by atoms with E-state index in [0.717, 1.165) is 32.1 Å². The lowest BCUT2D eigenvalue weighted by Crippen LogP contribution is -2.61. The predicted octanol–water partition coefficient (Wildman–Crippen LogP) is 1.73. The minimum Gasteiger partial charge on any atom is -0.409 e. The minimum absolute atomic E-state index is 0.111. The largest absolute Gasteiger partial charge is 0.409 e. The standard InChI is InChI=1S/C13H26N4O2/c1-4-10-6-8-13(9-7-10,11(14)16-19)15-12(18)17(3)5-2/h10,19H,4-9H2,1-3H3,(H2,14,16)(H,15,18). The molecule has 0 saturated heterocycles. The van der Waals surface area contributed by atoms with E-state index in [1.165, 1.54) is 0 Å². The number of nitrogens with zero attached hydrogens (tertiary/aromatic N) is 2. The number of rotatable bonds is 4. The van der Waals surface area contributed by atoms with E-state index < -0.39 is 5.54 Å². The Balaban J connectivity index is 2.82. The van der Waals surface area contributed by atoms with Gasteiger partial charge in [-0.15, -0.1) is 0 Å². The highest BCUT2D eigenvalue weighted by Gasteiger charge is 2.40. The fourth-order valence-corrected chi connectivity index (χ4v) is 2.56. The maximum atomic E-state index is 12.0. The maximum absolute atomic E-state index is 12.0. The van der Waals surface area contributed by atoms with Crippen molar-refractivity contribution in [1.82, 2.24) is 10.2 Å². The van der Waals surface area contributed by atoms with Crippen LogP contribution in [-0.4, -0.2) is 41.1 Å². The Morgan fingerprint density at radius 2 is 2.05 bits per heavy atom. The van der Waals surface area contributed by atoms with Crippen LogP contribution < -0.4 is 11.1 Å². The zero-order valence-electron chi connectivity index (χ0n) is 12.1. The zero-order chi connectivity index (χ0) is 14.5. The predicted molar refractivity (Wildman–Crippen MR) is 75.2 cm³/mol. The molecule has 1 saturated carbocycles. The summed E-state index contributed by atoms with van der Waals surface area (Å²) >= 11 is 0. The van der Waals surface area contributed by atoms with E-state index in [9.17, 15) is 4.79 Å². The summed E-state index contributed by atoms with van der Waals surface area (Å²) in [6, 6.07) is -0.177. The molecule has 0 unspecified atom stereocenters. The second-order valence-corrected chi connectivity index (χ2v) is 5.36. The van der Waals surface area contributed by atoms with Gasteiger partial charge in [-0.2, -0.15) is 0 Å². The van der Waals surface area contributed by atoms with Crippen LogP contribution in [0.2, 0.25) is 0 Å². The molecule has 0 aliphatic heterocycles. The Bertz CT molecular complexity index is 336. The van der Waals surface area contributed by atoms with E-state index in [1.807, 2.05) is 6.92 Å². The van der Waals surface area contributed by atoms with Gasteiger partial charge in [0.2, 0.25) is 0 Å². The van der Waals surface area contributed by atoms with Crippen molar-refractivity contribution in [3.8, 4) is 0 Å². The van der Waals surface area contributed by atoms with Crippen LogP contribution in [0.5, 0.6) is 0 Å². The SMILES string of the molecule is CCC1CCC(NC(=O)N(C)CC)(C(N)=NO)CC1. The van der Waals surface area contributed by atoms with Crippen molar-refractivity contribution in [3.05, 3.63) is 0 Å². The number of nitrogens with one attached hydrogen (secondary N) is 1. The smallest absolute Gasteiger partial charge is 0.317 e.